The van der Waals surface area contributed by atoms with Gasteiger partial charge in [0.1, 0.15) is 5.69 Å². The molecule has 0 radical (unpaired) electrons. The highest BCUT2D eigenvalue weighted by Crippen LogP contribution is 2.38. The average molecular weight is 499 g/mol. The summed E-state index contributed by atoms with van der Waals surface area (Å²) < 4.78 is 53.5. The van der Waals surface area contributed by atoms with Crippen LogP contribution in [-0.2, 0) is 29.3 Å². The van der Waals surface area contributed by atoms with Crippen molar-refractivity contribution in [3.8, 4) is 17.1 Å². The number of aliphatic carboxylic acids is 1. The van der Waals surface area contributed by atoms with Crippen LogP contribution in [0.5, 0.6) is 5.75 Å². The molecular formula is C22H28F3N5O5. The molecule has 1 aliphatic carbocycles. The lowest BCUT2D eigenvalue weighted by Crippen LogP contribution is -2.30. The van der Waals surface area contributed by atoms with Gasteiger partial charge in [-0.15, -0.1) is 5.10 Å². The van der Waals surface area contributed by atoms with Crippen molar-refractivity contribution in [3.05, 3.63) is 23.5 Å². The predicted molar refractivity (Wildman–Crippen MR) is 116 cm³/mol. The number of aryl methyl sites for hydroxylation is 1. The smallest absolute Gasteiger partial charge is 0.437 e. The first-order valence-corrected chi connectivity index (χ1v) is 11.2. The number of pyridine rings is 1. The van der Waals surface area contributed by atoms with E-state index in [4.69, 9.17) is 9.47 Å². The molecule has 1 aliphatic rings. The van der Waals surface area contributed by atoms with Crippen molar-refractivity contribution in [2.75, 3.05) is 6.61 Å². The third-order valence-electron chi connectivity index (χ3n) is 5.53. The Hall–Kier alpha value is -3.38. The number of carbonyl (C=O) groups excluding carboxylic acids is 1. The number of hydrogen-bond acceptors (Lipinski definition) is 7. The van der Waals surface area contributed by atoms with Crippen molar-refractivity contribution in [1.29, 1.82) is 0 Å². The highest BCUT2D eigenvalue weighted by Gasteiger charge is 2.38. The SMILES string of the molecule is CC(C)COC(=O)NCc1c(-c2ccc(O[C@H]3CCC[C@H](C(=O)O)C3)c(C(F)(F)F)n2)nnn1C. The lowest BCUT2D eigenvalue weighted by atomic mass is 9.87. The molecule has 3 rings (SSSR count). The molecule has 192 valence electrons. The number of rotatable bonds is 8. The minimum absolute atomic E-state index is 0.0670. The molecule has 0 bridgehead atoms. The number of ether oxygens (including phenoxy) is 2. The Morgan fingerprint density at radius 3 is 2.69 bits per heavy atom. The Morgan fingerprint density at radius 2 is 2.03 bits per heavy atom. The van der Waals surface area contributed by atoms with Gasteiger partial charge in [0.05, 0.1) is 36.6 Å². The van der Waals surface area contributed by atoms with Gasteiger partial charge in [-0.05, 0) is 43.7 Å². The molecule has 13 heteroatoms. The number of carboxylic acids is 1. The van der Waals surface area contributed by atoms with E-state index in [2.05, 4.69) is 20.6 Å². The van der Waals surface area contributed by atoms with E-state index < -0.39 is 41.7 Å². The summed E-state index contributed by atoms with van der Waals surface area (Å²) in [6.07, 6.45) is -4.57. The molecule has 2 aromatic rings. The number of hydrogen-bond donors (Lipinski definition) is 2. The Balaban J connectivity index is 1.83. The molecule has 0 spiro atoms. The zero-order valence-electron chi connectivity index (χ0n) is 19.6. The highest BCUT2D eigenvalue weighted by molar-refractivity contribution is 5.70. The molecule has 35 heavy (non-hydrogen) atoms. The van der Waals surface area contributed by atoms with Gasteiger partial charge in [0.15, 0.2) is 11.4 Å². The average Bonchev–Trinajstić information content (AvgIpc) is 3.16. The normalized spacial score (nSPS) is 18.4. The van der Waals surface area contributed by atoms with Crippen LogP contribution in [0, 0.1) is 11.8 Å². The second-order valence-electron chi connectivity index (χ2n) is 8.84. The van der Waals surface area contributed by atoms with Gasteiger partial charge in [0.2, 0.25) is 0 Å². The predicted octanol–water partition coefficient (Wildman–Crippen LogP) is 3.80. The fraction of sp³-hybridized carbons (Fsp3) is 0.591. The molecule has 1 amide bonds. The molecule has 2 N–H and O–H groups in total. The largest absolute Gasteiger partial charge is 0.488 e. The van der Waals surface area contributed by atoms with Crippen molar-refractivity contribution in [2.24, 2.45) is 18.9 Å². The summed E-state index contributed by atoms with van der Waals surface area (Å²) in [6.45, 7) is 3.89. The highest BCUT2D eigenvalue weighted by atomic mass is 19.4. The minimum Gasteiger partial charge on any atom is -0.488 e. The van der Waals surface area contributed by atoms with Crippen molar-refractivity contribution in [3.63, 3.8) is 0 Å². The van der Waals surface area contributed by atoms with Crippen LogP contribution in [-0.4, -0.2) is 49.9 Å². The lowest BCUT2D eigenvalue weighted by Gasteiger charge is -2.28. The summed E-state index contributed by atoms with van der Waals surface area (Å²) in [7, 11) is 1.54. The van der Waals surface area contributed by atoms with Crippen molar-refractivity contribution in [2.45, 2.75) is 58.4 Å². The number of nitrogens with one attached hydrogen (secondary N) is 1. The van der Waals surface area contributed by atoms with Crippen molar-refractivity contribution in [1.82, 2.24) is 25.3 Å². The molecule has 0 aliphatic heterocycles. The number of alkyl carbamates (subject to hydrolysis) is 1. The van der Waals surface area contributed by atoms with Gasteiger partial charge in [-0.25, -0.2) is 14.5 Å². The van der Waals surface area contributed by atoms with Gasteiger partial charge in [0, 0.05) is 7.05 Å². The van der Waals surface area contributed by atoms with Crippen LogP contribution in [0.25, 0.3) is 11.4 Å². The van der Waals surface area contributed by atoms with Crippen LogP contribution in [0.15, 0.2) is 12.1 Å². The van der Waals surface area contributed by atoms with E-state index in [1.807, 2.05) is 13.8 Å². The maximum atomic E-state index is 13.9. The second-order valence-corrected chi connectivity index (χ2v) is 8.84. The van der Waals surface area contributed by atoms with E-state index >= 15 is 0 Å². The Bertz CT molecular complexity index is 1060. The molecule has 1 fully saturated rings. The summed E-state index contributed by atoms with van der Waals surface area (Å²) in [6, 6.07) is 2.48. The van der Waals surface area contributed by atoms with Crippen LogP contribution in [0.1, 0.15) is 50.9 Å². The van der Waals surface area contributed by atoms with Crippen LogP contribution in [0.4, 0.5) is 18.0 Å². The van der Waals surface area contributed by atoms with Gasteiger partial charge in [-0.2, -0.15) is 13.2 Å². The van der Waals surface area contributed by atoms with E-state index in [9.17, 15) is 27.9 Å². The third kappa shape index (κ3) is 6.83. The fourth-order valence-electron chi connectivity index (χ4n) is 3.76. The first-order chi connectivity index (χ1) is 16.5. The van der Waals surface area contributed by atoms with Gasteiger partial charge in [-0.3, -0.25) is 4.79 Å². The van der Waals surface area contributed by atoms with E-state index in [1.54, 1.807) is 0 Å². The van der Waals surface area contributed by atoms with Crippen LogP contribution in [0.2, 0.25) is 0 Å². The first kappa shape index (κ1) is 26.2. The summed E-state index contributed by atoms with van der Waals surface area (Å²) in [5, 5.41) is 19.5. The number of alkyl halides is 3. The van der Waals surface area contributed by atoms with Crippen LogP contribution < -0.4 is 10.1 Å². The zero-order chi connectivity index (χ0) is 25.8. The number of nitrogens with zero attached hydrogens (tertiary/aromatic N) is 4. The molecule has 1 saturated carbocycles. The van der Waals surface area contributed by atoms with Gasteiger partial charge in [0.25, 0.3) is 0 Å². The zero-order valence-corrected chi connectivity index (χ0v) is 19.6. The van der Waals surface area contributed by atoms with Gasteiger partial charge < -0.3 is 19.9 Å². The maximum absolute atomic E-state index is 13.9. The molecule has 2 atom stereocenters. The number of carboxylic acid groups (broad SMARTS) is 1. The Labute approximate surface area is 199 Å². The molecule has 0 unspecified atom stereocenters. The van der Waals surface area contributed by atoms with Crippen molar-refractivity contribution >= 4 is 12.1 Å². The maximum Gasteiger partial charge on any atom is 0.437 e. The number of halogens is 3. The summed E-state index contributed by atoms with van der Waals surface area (Å²) in [5.41, 5.74) is -0.944. The Morgan fingerprint density at radius 1 is 1.29 bits per heavy atom. The van der Waals surface area contributed by atoms with E-state index in [0.29, 0.717) is 25.0 Å². The van der Waals surface area contributed by atoms with Gasteiger partial charge in [-0.1, -0.05) is 19.1 Å². The monoisotopic (exact) mass is 499 g/mol. The van der Waals surface area contributed by atoms with Crippen LogP contribution in [0.3, 0.4) is 0 Å². The lowest BCUT2D eigenvalue weighted by molar-refractivity contribution is -0.146. The standard InChI is InChI=1S/C22H28F3N5O5/c1-12(2)11-34-21(33)26-10-16-18(28-29-30(16)3)15-7-8-17(19(27-15)22(23,24)25)35-14-6-4-5-13(9-14)20(31)32/h7-8,12-14H,4-6,9-11H2,1-3H3,(H,26,33)(H,31,32)/t13-,14-/m0/s1. The number of aromatic nitrogens is 4. The molecule has 0 aromatic carbocycles. The van der Waals surface area contributed by atoms with E-state index in [1.165, 1.54) is 17.8 Å². The summed E-state index contributed by atoms with van der Waals surface area (Å²) in [5.74, 6) is -1.97. The Kier molecular flexibility index (Phi) is 8.18. The minimum atomic E-state index is -4.83. The quantitative estimate of drug-likeness (QED) is 0.561. The number of carbonyl (C=O) groups is 2. The summed E-state index contributed by atoms with van der Waals surface area (Å²) >= 11 is 0. The molecule has 0 saturated heterocycles. The molecular weight excluding hydrogens is 471 g/mol. The second kappa shape index (κ2) is 10.9. The van der Waals surface area contributed by atoms with E-state index in [-0.39, 0.29) is 36.9 Å². The fourth-order valence-corrected chi connectivity index (χ4v) is 3.76. The topological polar surface area (TPSA) is 128 Å². The molecule has 2 aromatic heterocycles. The molecule has 2 heterocycles. The first-order valence-electron chi connectivity index (χ1n) is 11.2. The van der Waals surface area contributed by atoms with Crippen LogP contribution >= 0.6 is 0 Å². The van der Waals surface area contributed by atoms with E-state index in [0.717, 1.165) is 6.07 Å². The molecule has 10 nitrogen and oxygen atoms in total. The summed E-state index contributed by atoms with van der Waals surface area (Å²) in [4.78, 5) is 26.9. The van der Waals surface area contributed by atoms with Crippen molar-refractivity contribution < 1.29 is 37.3 Å². The van der Waals surface area contributed by atoms with Gasteiger partial charge >= 0.3 is 18.2 Å². The third-order valence-corrected chi connectivity index (χ3v) is 5.53. The number of amides is 1.